The number of nitrogens with zero attached hydrogens (tertiary/aromatic N) is 4. The summed E-state index contributed by atoms with van der Waals surface area (Å²) < 4.78 is 5.15. The van der Waals surface area contributed by atoms with Crippen LogP contribution in [-0.2, 0) is 20.7 Å². The first-order chi connectivity index (χ1) is 20.6. The van der Waals surface area contributed by atoms with Crippen molar-refractivity contribution in [3.05, 3.63) is 84.3 Å². The minimum Gasteiger partial charge on any atom is -0.681 e. The molecule has 6 rings (SSSR count). The predicted octanol–water partition coefficient (Wildman–Crippen LogP) is 1.50. The van der Waals surface area contributed by atoms with Crippen LogP contribution in [0.3, 0.4) is 0 Å². The predicted molar refractivity (Wildman–Crippen MR) is 169 cm³/mol. The van der Waals surface area contributed by atoms with Crippen molar-refractivity contribution in [1.29, 1.82) is 0 Å². The molecule has 1 aliphatic carbocycles. The Morgan fingerprint density at radius 2 is 1.80 bits per heavy atom. The van der Waals surface area contributed by atoms with Crippen molar-refractivity contribution in [1.82, 2.24) is 15.0 Å². The van der Waals surface area contributed by atoms with Crippen LogP contribution < -0.4 is 36.2 Å². The molecule has 0 aromatic carbocycles. The second-order valence-electron chi connectivity index (χ2n) is 11.5. The molecule has 9 nitrogen and oxygen atoms in total. The van der Waals surface area contributed by atoms with Gasteiger partial charge < -0.3 is 35.2 Å². The molecule has 3 aliphatic rings. The van der Waals surface area contributed by atoms with E-state index in [1.165, 1.54) is 7.11 Å². The molecule has 0 saturated carbocycles. The van der Waals surface area contributed by atoms with Crippen LogP contribution in [0.25, 0.3) is 41.0 Å². The topological polar surface area (TPSA) is 140 Å². The van der Waals surface area contributed by atoms with Crippen LogP contribution in [-0.4, -0.2) is 58.4 Å². The first kappa shape index (κ1) is 31.5. The summed E-state index contributed by atoms with van der Waals surface area (Å²) in [4.78, 5) is 39.7. The number of aryl methyl sites for hydroxylation is 1. The number of fused-ring (bicyclic) bond motifs is 8. The molecular weight excluding hydrogens is 569 g/mol. The number of aliphatic hydroxyl groups excluding tert-OH is 1. The van der Waals surface area contributed by atoms with Gasteiger partial charge in [-0.25, -0.2) is 0 Å². The van der Waals surface area contributed by atoms with Gasteiger partial charge in [-0.2, -0.15) is 5.70 Å². The van der Waals surface area contributed by atoms with Crippen LogP contribution in [0.15, 0.2) is 18.3 Å². The summed E-state index contributed by atoms with van der Waals surface area (Å²) in [5, 5.41) is 28.8. The van der Waals surface area contributed by atoms with Crippen molar-refractivity contribution in [3.8, 4) is 0 Å². The summed E-state index contributed by atoms with van der Waals surface area (Å²) in [5.41, 5.74) is 7.06. The van der Waals surface area contributed by atoms with E-state index in [1.807, 2.05) is 45.1 Å². The van der Waals surface area contributed by atoms with Crippen molar-refractivity contribution in [2.24, 2.45) is 17.8 Å². The van der Waals surface area contributed by atoms with Crippen LogP contribution in [0.4, 0.5) is 0 Å². The fraction of sp³-hybridized carbons (Fsp3) is 0.353. The van der Waals surface area contributed by atoms with Crippen LogP contribution in [0.2, 0.25) is 0 Å². The summed E-state index contributed by atoms with van der Waals surface area (Å²) in [5.74, 6) is -3.12. The first-order valence-corrected chi connectivity index (χ1v) is 14.6. The van der Waals surface area contributed by atoms with Gasteiger partial charge in [0.05, 0.1) is 7.11 Å². The Morgan fingerprint density at radius 1 is 1.07 bits per heavy atom. The molecule has 5 heterocycles. The third-order valence-electron chi connectivity index (χ3n) is 9.23. The van der Waals surface area contributed by atoms with Gasteiger partial charge in [0.1, 0.15) is 11.7 Å². The average Bonchev–Trinajstić information content (AvgIpc) is 3.73. The number of methoxy groups -OCH3 is 1. The van der Waals surface area contributed by atoms with Gasteiger partial charge in [-0.15, -0.1) is 33.1 Å². The van der Waals surface area contributed by atoms with E-state index in [4.69, 9.17) is 25.0 Å². The summed E-state index contributed by atoms with van der Waals surface area (Å²) in [6.07, 6.45) is 8.65. The van der Waals surface area contributed by atoms with E-state index in [0.29, 0.717) is 28.3 Å². The van der Waals surface area contributed by atoms with Gasteiger partial charge in [-0.05, 0) is 44.1 Å². The molecule has 4 atom stereocenters. The minimum atomic E-state index is -1.08. The van der Waals surface area contributed by atoms with E-state index in [-0.39, 0.29) is 47.1 Å². The SMILES string of the molecule is C=Cc1c2[n-]c(c1C)/C=C1\[N-]C(C3=c4[n-]c(c(C)c4=C(O)[C@@H]3C(=O)OC)/C=c3\[n-]/c(cc3CC)=C\2)[C@@H](CCC(=O)O)[C@@H]1C.[Mg+2]. The Bertz CT molecular complexity index is 1970. The Balaban J connectivity index is 0.00000384. The Labute approximate surface area is 271 Å². The molecule has 3 aromatic heterocycles. The number of hydrogen-bond acceptors (Lipinski definition) is 4. The summed E-state index contributed by atoms with van der Waals surface area (Å²) in [6.45, 7) is 12.0. The van der Waals surface area contributed by atoms with E-state index in [9.17, 15) is 19.8 Å². The number of aliphatic hydroxyl groups is 1. The van der Waals surface area contributed by atoms with Gasteiger partial charge in [-0.3, -0.25) is 9.59 Å². The Morgan fingerprint density at radius 3 is 2.45 bits per heavy atom. The van der Waals surface area contributed by atoms with E-state index in [1.54, 1.807) is 6.08 Å². The molecule has 2 aliphatic heterocycles. The van der Waals surface area contributed by atoms with Gasteiger partial charge in [0, 0.05) is 11.6 Å². The molecule has 1 fully saturated rings. The number of carbonyl (C=O) groups is 2. The fourth-order valence-corrected chi connectivity index (χ4v) is 6.86. The molecule has 0 radical (unpaired) electrons. The van der Waals surface area contributed by atoms with Gasteiger partial charge in [0.15, 0.2) is 0 Å². The van der Waals surface area contributed by atoms with E-state index in [2.05, 4.69) is 13.5 Å². The fourth-order valence-electron chi connectivity index (χ4n) is 6.86. The summed E-state index contributed by atoms with van der Waals surface area (Å²) >= 11 is 0. The Hall–Kier alpha value is -3.89. The maximum Gasteiger partial charge on any atom is 2.00 e. The van der Waals surface area contributed by atoms with Crippen LogP contribution in [0, 0.1) is 31.6 Å². The zero-order valence-electron chi connectivity index (χ0n) is 25.6. The van der Waals surface area contributed by atoms with Crippen molar-refractivity contribution in [2.45, 2.75) is 53.0 Å². The molecule has 0 spiro atoms. The first-order valence-electron chi connectivity index (χ1n) is 14.6. The zero-order chi connectivity index (χ0) is 30.7. The second-order valence-corrected chi connectivity index (χ2v) is 11.5. The summed E-state index contributed by atoms with van der Waals surface area (Å²) in [6, 6.07) is 1.45. The number of carboxylic acid groups (broad SMARTS) is 1. The number of esters is 1. The second kappa shape index (κ2) is 11.9. The van der Waals surface area contributed by atoms with Gasteiger partial charge in [-0.1, -0.05) is 79.1 Å². The normalized spacial score (nSPS) is 24.2. The number of carboxylic acids is 1. The molecule has 3 aromatic rings. The van der Waals surface area contributed by atoms with Gasteiger partial charge in [0.2, 0.25) is 0 Å². The molecule has 1 unspecified atom stereocenters. The van der Waals surface area contributed by atoms with E-state index >= 15 is 0 Å². The standard InChI is InChI=1S/C34H34N4O5.Mg/c1-7-18-11-19-12-26-20(8-2)15(3)22(36-26)13-23-16(4)21(9-10-27(39)40)31(37-23)29-30(34(42)43-6)33(41)28-17(5)24(38-32(28)29)14-25(18)35-19;/h8,11-14,16,21,30-31,41H,2,7,9-10H2,1,3-6H3,(H,39,40);/q-4;+2/b19-12-,23-13-,25-14-;/t16-,21-,30+,31?;/m0./s1. The average molecular weight is 603 g/mol. The smallest absolute Gasteiger partial charge is 0.681 e. The number of carbonyl (C=O) groups excluding carboxylic acids is 1. The Kier molecular flexibility index (Phi) is 8.52. The zero-order valence-corrected chi connectivity index (χ0v) is 27.1. The quantitative estimate of drug-likeness (QED) is 0.320. The van der Waals surface area contributed by atoms with Crippen molar-refractivity contribution >= 4 is 70.6 Å². The third-order valence-corrected chi connectivity index (χ3v) is 9.23. The molecule has 0 amide bonds. The number of aliphatic carboxylic acids is 1. The molecule has 224 valence electrons. The minimum absolute atomic E-state index is 0. The third kappa shape index (κ3) is 4.94. The number of rotatable bonds is 6. The molecule has 44 heavy (non-hydrogen) atoms. The van der Waals surface area contributed by atoms with Crippen LogP contribution in [0.5, 0.6) is 0 Å². The van der Waals surface area contributed by atoms with Crippen molar-refractivity contribution in [3.63, 3.8) is 0 Å². The number of hydrogen-bond donors (Lipinski definition) is 2. The molecule has 2 N–H and O–H groups in total. The maximum absolute atomic E-state index is 13.2. The molecule has 8 bridgehead atoms. The van der Waals surface area contributed by atoms with Crippen molar-refractivity contribution in [2.75, 3.05) is 7.11 Å². The van der Waals surface area contributed by atoms with Crippen molar-refractivity contribution < 1.29 is 24.5 Å². The van der Waals surface area contributed by atoms with Crippen LogP contribution >= 0.6 is 0 Å². The monoisotopic (exact) mass is 602 g/mol. The van der Waals surface area contributed by atoms with Gasteiger partial charge >= 0.3 is 35.0 Å². The van der Waals surface area contributed by atoms with E-state index in [0.717, 1.165) is 56.5 Å². The number of aromatic nitrogens is 3. The number of allylic oxidation sites excluding steroid dienone is 1. The molecule has 10 heteroatoms. The van der Waals surface area contributed by atoms with Gasteiger partial charge in [0.25, 0.3) is 0 Å². The molecule has 1 saturated heterocycles. The summed E-state index contributed by atoms with van der Waals surface area (Å²) in [7, 11) is 1.29. The largest absolute Gasteiger partial charge is 2.00 e. The maximum atomic E-state index is 13.2. The van der Waals surface area contributed by atoms with Crippen LogP contribution in [0.1, 0.15) is 66.0 Å². The number of ether oxygens (including phenoxy) is 1. The van der Waals surface area contributed by atoms with E-state index < -0.39 is 23.9 Å². The molecular formula is C34H34MgN4O5-2.